The first kappa shape index (κ1) is 13.1. The van der Waals surface area contributed by atoms with Crippen molar-refractivity contribution in [1.29, 1.82) is 0 Å². The minimum Gasteiger partial charge on any atom is -0.478 e. The van der Waals surface area contributed by atoms with E-state index in [2.05, 4.69) is 15.3 Å². The minimum absolute atomic E-state index is 0.314. The van der Waals surface area contributed by atoms with E-state index in [1.807, 2.05) is 13.0 Å². The number of anilines is 1. The van der Waals surface area contributed by atoms with Crippen LogP contribution in [0.5, 0.6) is 5.88 Å². The number of hydrogen-bond donors (Lipinski definition) is 2. The summed E-state index contributed by atoms with van der Waals surface area (Å²) in [6.07, 6.45) is 5.85. The molecule has 0 atom stereocenters. The lowest BCUT2D eigenvalue weighted by atomic mass is 9.86. The first-order chi connectivity index (χ1) is 8.81. The molecule has 2 rings (SSSR count). The van der Waals surface area contributed by atoms with Gasteiger partial charge in [-0.2, -0.15) is 0 Å². The lowest BCUT2D eigenvalue weighted by molar-refractivity contribution is 0.185. The number of aliphatic hydroxyl groups is 1. The standard InChI is InChI=1S/C13H21N3O2/c1-2-18-13-7-12(14-9-15-13)16-11-5-3-10(8-17)4-6-11/h7,9-11,17H,2-6,8H2,1H3,(H,14,15,16). The molecule has 0 bridgehead atoms. The highest BCUT2D eigenvalue weighted by atomic mass is 16.5. The highest BCUT2D eigenvalue weighted by Gasteiger charge is 2.20. The summed E-state index contributed by atoms with van der Waals surface area (Å²) in [5.74, 6) is 1.91. The van der Waals surface area contributed by atoms with Crippen LogP contribution >= 0.6 is 0 Å². The fourth-order valence-electron chi connectivity index (χ4n) is 2.34. The molecule has 1 heterocycles. The van der Waals surface area contributed by atoms with Crippen LogP contribution in [-0.2, 0) is 0 Å². The number of aliphatic hydroxyl groups excluding tert-OH is 1. The Bertz CT molecular complexity index is 365. The lowest BCUT2D eigenvalue weighted by Crippen LogP contribution is -2.27. The average Bonchev–Trinajstić information content (AvgIpc) is 2.40. The zero-order valence-corrected chi connectivity index (χ0v) is 10.8. The molecule has 18 heavy (non-hydrogen) atoms. The topological polar surface area (TPSA) is 67.3 Å². The van der Waals surface area contributed by atoms with E-state index in [4.69, 9.17) is 9.84 Å². The molecule has 0 unspecified atom stereocenters. The molecule has 0 aliphatic heterocycles. The third-order valence-corrected chi connectivity index (χ3v) is 3.39. The van der Waals surface area contributed by atoms with Crippen molar-refractivity contribution < 1.29 is 9.84 Å². The lowest BCUT2D eigenvalue weighted by Gasteiger charge is -2.28. The number of ether oxygens (including phenoxy) is 1. The molecule has 0 saturated heterocycles. The predicted molar refractivity (Wildman–Crippen MR) is 69.7 cm³/mol. The number of hydrogen-bond acceptors (Lipinski definition) is 5. The summed E-state index contributed by atoms with van der Waals surface area (Å²) in [6, 6.07) is 2.28. The maximum absolute atomic E-state index is 9.10. The Morgan fingerprint density at radius 1 is 1.33 bits per heavy atom. The predicted octanol–water partition coefficient (Wildman–Crippen LogP) is 1.84. The van der Waals surface area contributed by atoms with Crippen LogP contribution in [0.15, 0.2) is 12.4 Å². The van der Waals surface area contributed by atoms with Gasteiger partial charge < -0.3 is 15.2 Å². The summed E-state index contributed by atoms with van der Waals surface area (Å²) in [5, 5.41) is 12.5. The largest absolute Gasteiger partial charge is 0.478 e. The summed E-state index contributed by atoms with van der Waals surface area (Å²) < 4.78 is 5.35. The van der Waals surface area contributed by atoms with Gasteiger partial charge in [0.25, 0.3) is 0 Å². The molecule has 1 aliphatic rings. The van der Waals surface area contributed by atoms with E-state index in [1.54, 1.807) is 0 Å². The number of rotatable bonds is 5. The summed E-state index contributed by atoms with van der Waals surface area (Å²) in [5.41, 5.74) is 0. The molecule has 1 aromatic rings. The maximum Gasteiger partial charge on any atom is 0.218 e. The van der Waals surface area contributed by atoms with E-state index in [9.17, 15) is 0 Å². The van der Waals surface area contributed by atoms with Crippen molar-refractivity contribution in [2.75, 3.05) is 18.5 Å². The molecule has 1 fully saturated rings. The van der Waals surface area contributed by atoms with Gasteiger partial charge in [0.1, 0.15) is 12.1 Å². The first-order valence-electron chi connectivity index (χ1n) is 6.64. The Kier molecular flexibility index (Phi) is 4.75. The minimum atomic E-state index is 0.314. The number of nitrogens with one attached hydrogen (secondary N) is 1. The number of nitrogens with zero attached hydrogens (tertiary/aromatic N) is 2. The maximum atomic E-state index is 9.10. The van der Waals surface area contributed by atoms with Crippen LogP contribution < -0.4 is 10.1 Å². The Balaban J connectivity index is 1.87. The normalized spacial score (nSPS) is 23.7. The molecule has 1 aromatic heterocycles. The molecule has 1 aliphatic carbocycles. The SMILES string of the molecule is CCOc1cc(NC2CCC(CO)CC2)ncn1. The van der Waals surface area contributed by atoms with Gasteiger partial charge >= 0.3 is 0 Å². The highest BCUT2D eigenvalue weighted by molar-refractivity contribution is 5.38. The van der Waals surface area contributed by atoms with Crippen molar-refractivity contribution >= 4 is 5.82 Å². The van der Waals surface area contributed by atoms with Gasteiger partial charge in [-0.3, -0.25) is 0 Å². The fourth-order valence-corrected chi connectivity index (χ4v) is 2.34. The van der Waals surface area contributed by atoms with Crippen molar-refractivity contribution in [2.45, 2.75) is 38.6 Å². The van der Waals surface area contributed by atoms with Gasteiger partial charge in [0, 0.05) is 18.7 Å². The molecule has 2 N–H and O–H groups in total. The van der Waals surface area contributed by atoms with Gasteiger partial charge in [-0.25, -0.2) is 9.97 Å². The quantitative estimate of drug-likeness (QED) is 0.835. The van der Waals surface area contributed by atoms with Crippen LogP contribution in [0.2, 0.25) is 0 Å². The van der Waals surface area contributed by atoms with Gasteiger partial charge in [0.2, 0.25) is 5.88 Å². The van der Waals surface area contributed by atoms with E-state index in [1.165, 1.54) is 6.33 Å². The van der Waals surface area contributed by atoms with E-state index in [-0.39, 0.29) is 0 Å². The highest BCUT2D eigenvalue weighted by Crippen LogP contribution is 2.26. The van der Waals surface area contributed by atoms with Crippen molar-refractivity contribution in [1.82, 2.24) is 9.97 Å². The van der Waals surface area contributed by atoms with E-state index < -0.39 is 0 Å². The third kappa shape index (κ3) is 3.57. The first-order valence-corrected chi connectivity index (χ1v) is 6.64. The van der Waals surface area contributed by atoms with Crippen molar-refractivity contribution in [3.05, 3.63) is 12.4 Å². The van der Waals surface area contributed by atoms with Gasteiger partial charge in [-0.15, -0.1) is 0 Å². The molecule has 0 radical (unpaired) electrons. The molecule has 0 spiro atoms. The van der Waals surface area contributed by atoms with E-state index in [0.29, 0.717) is 31.1 Å². The molecule has 0 amide bonds. The second-order valence-corrected chi connectivity index (χ2v) is 4.72. The summed E-state index contributed by atoms with van der Waals surface area (Å²) >= 11 is 0. The summed E-state index contributed by atoms with van der Waals surface area (Å²) in [4.78, 5) is 8.24. The zero-order valence-electron chi connectivity index (χ0n) is 10.8. The van der Waals surface area contributed by atoms with Crippen LogP contribution in [0.4, 0.5) is 5.82 Å². The second-order valence-electron chi connectivity index (χ2n) is 4.72. The van der Waals surface area contributed by atoms with Crippen LogP contribution in [0.3, 0.4) is 0 Å². The van der Waals surface area contributed by atoms with Gasteiger partial charge in [0.05, 0.1) is 6.61 Å². The third-order valence-electron chi connectivity index (χ3n) is 3.39. The van der Waals surface area contributed by atoms with Crippen LogP contribution in [0, 0.1) is 5.92 Å². The van der Waals surface area contributed by atoms with E-state index >= 15 is 0 Å². The second kappa shape index (κ2) is 6.54. The summed E-state index contributed by atoms with van der Waals surface area (Å²) in [6.45, 7) is 2.86. The Hall–Kier alpha value is -1.36. The van der Waals surface area contributed by atoms with Gasteiger partial charge in [-0.1, -0.05) is 0 Å². The smallest absolute Gasteiger partial charge is 0.218 e. The van der Waals surface area contributed by atoms with Crippen molar-refractivity contribution in [2.24, 2.45) is 5.92 Å². The van der Waals surface area contributed by atoms with Crippen LogP contribution in [0.1, 0.15) is 32.6 Å². The van der Waals surface area contributed by atoms with Crippen LogP contribution in [-0.4, -0.2) is 34.3 Å². The molecule has 1 saturated carbocycles. The zero-order chi connectivity index (χ0) is 12.8. The van der Waals surface area contributed by atoms with Crippen molar-refractivity contribution in [3.8, 4) is 5.88 Å². The van der Waals surface area contributed by atoms with Gasteiger partial charge in [0.15, 0.2) is 0 Å². The Labute approximate surface area is 108 Å². The fraction of sp³-hybridized carbons (Fsp3) is 0.692. The van der Waals surface area contributed by atoms with Crippen LogP contribution in [0.25, 0.3) is 0 Å². The molecule has 0 aromatic carbocycles. The van der Waals surface area contributed by atoms with Crippen molar-refractivity contribution in [3.63, 3.8) is 0 Å². The monoisotopic (exact) mass is 251 g/mol. The number of aromatic nitrogens is 2. The molecular weight excluding hydrogens is 230 g/mol. The molecule has 5 nitrogen and oxygen atoms in total. The Morgan fingerprint density at radius 3 is 2.78 bits per heavy atom. The molecule has 100 valence electrons. The summed E-state index contributed by atoms with van der Waals surface area (Å²) in [7, 11) is 0. The van der Waals surface area contributed by atoms with E-state index in [0.717, 1.165) is 31.5 Å². The van der Waals surface area contributed by atoms with Gasteiger partial charge in [-0.05, 0) is 38.5 Å². The molecule has 5 heteroatoms. The molecular formula is C13H21N3O2. The Morgan fingerprint density at radius 2 is 2.11 bits per heavy atom. The average molecular weight is 251 g/mol.